The zero-order valence-corrected chi connectivity index (χ0v) is 14.2. The van der Waals surface area contributed by atoms with E-state index < -0.39 is 0 Å². The third kappa shape index (κ3) is 3.07. The molecule has 1 aliphatic rings. The quantitative estimate of drug-likeness (QED) is 0.769. The molecule has 26 heavy (non-hydrogen) atoms. The number of rotatable bonds is 5. The first-order valence-corrected chi connectivity index (χ1v) is 8.56. The Morgan fingerprint density at radius 2 is 2.12 bits per heavy atom. The number of aliphatic hydroxyl groups excluding tert-OH is 1. The molecule has 1 aliphatic heterocycles. The van der Waals surface area contributed by atoms with Crippen LogP contribution >= 0.6 is 0 Å². The number of carbonyl (C=O) groups excluding carboxylic acids is 1. The Morgan fingerprint density at radius 3 is 3.00 bits per heavy atom. The van der Waals surface area contributed by atoms with Crippen molar-refractivity contribution in [3.8, 4) is 16.9 Å². The van der Waals surface area contributed by atoms with E-state index in [1.807, 2.05) is 18.3 Å². The minimum absolute atomic E-state index is 0.0441. The average Bonchev–Trinajstić information content (AvgIpc) is 3.17. The highest BCUT2D eigenvalue weighted by atomic mass is 16.2. The predicted octanol–water partition coefficient (Wildman–Crippen LogP) is 3.15. The fourth-order valence-corrected chi connectivity index (χ4v) is 3.07. The number of pyridine rings is 1. The Labute approximate surface area is 150 Å². The molecule has 0 atom stereocenters. The summed E-state index contributed by atoms with van der Waals surface area (Å²) >= 11 is 0. The van der Waals surface area contributed by atoms with Crippen LogP contribution in [0.15, 0.2) is 53.9 Å². The number of hydrogen-bond donors (Lipinski definition) is 1. The molecule has 0 saturated heterocycles. The molecule has 0 unspecified atom stereocenters. The SMILES string of the molecule is O=C1CC=Nc2c1ccnc2-n1cc(-c2cccc(CCCO)c2)cn1. The summed E-state index contributed by atoms with van der Waals surface area (Å²) in [6, 6.07) is 9.89. The molecule has 4 rings (SSSR count). The van der Waals surface area contributed by atoms with Crippen LogP contribution in [0, 0.1) is 0 Å². The summed E-state index contributed by atoms with van der Waals surface area (Å²) < 4.78 is 1.66. The Kier molecular flexibility index (Phi) is 4.41. The van der Waals surface area contributed by atoms with Crippen molar-refractivity contribution in [2.75, 3.05) is 6.61 Å². The second-order valence-corrected chi connectivity index (χ2v) is 6.17. The van der Waals surface area contributed by atoms with E-state index >= 15 is 0 Å². The van der Waals surface area contributed by atoms with Crippen LogP contribution in [-0.2, 0) is 6.42 Å². The zero-order valence-electron chi connectivity index (χ0n) is 14.2. The number of aliphatic imine (C=N–C) groups is 1. The Bertz CT molecular complexity index is 991. The molecule has 3 heterocycles. The third-order valence-corrected chi connectivity index (χ3v) is 4.39. The number of nitrogens with zero attached hydrogens (tertiary/aromatic N) is 4. The van der Waals surface area contributed by atoms with E-state index in [0.717, 1.165) is 24.0 Å². The molecule has 1 N–H and O–H groups in total. The summed E-state index contributed by atoms with van der Waals surface area (Å²) in [6.07, 6.45) is 8.80. The number of aliphatic hydroxyl groups is 1. The first-order chi connectivity index (χ1) is 12.8. The van der Waals surface area contributed by atoms with Crippen molar-refractivity contribution >= 4 is 17.7 Å². The largest absolute Gasteiger partial charge is 0.396 e. The number of carbonyl (C=O) groups is 1. The maximum absolute atomic E-state index is 12.1. The summed E-state index contributed by atoms with van der Waals surface area (Å²) in [7, 11) is 0. The molecule has 6 nitrogen and oxygen atoms in total. The number of Topliss-reactive ketones (excluding diaryl/α,β-unsaturated/α-hetero) is 1. The van der Waals surface area contributed by atoms with Crippen LogP contribution in [0.5, 0.6) is 0 Å². The lowest BCUT2D eigenvalue weighted by Crippen LogP contribution is -2.08. The monoisotopic (exact) mass is 346 g/mol. The van der Waals surface area contributed by atoms with Crippen molar-refractivity contribution < 1.29 is 9.90 Å². The first-order valence-electron chi connectivity index (χ1n) is 8.56. The first kappa shape index (κ1) is 16.4. The predicted molar refractivity (Wildman–Crippen MR) is 99.3 cm³/mol. The van der Waals surface area contributed by atoms with Crippen LogP contribution in [0.25, 0.3) is 16.9 Å². The number of aryl methyl sites for hydroxylation is 1. The standard InChI is InChI=1S/C20H18N4O2/c25-10-2-4-14-3-1-5-15(11-14)16-12-23-24(13-16)20-19-17(6-8-22-20)18(26)7-9-21-19/h1,3,5-6,8-9,11-13,25H,2,4,7,10H2. The summed E-state index contributed by atoms with van der Waals surface area (Å²) in [5.74, 6) is 0.595. The summed E-state index contributed by atoms with van der Waals surface area (Å²) in [5.41, 5.74) is 4.34. The van der Waals surface area contributed by atoms with Crippen molar-refractivity contribution in [3.05, 3.63) is 60.0 Å². The van der Waals surface area contributed by atoms with Crippen LogP contribution < -0.4 is 0 Å². The highest BCUT2D eigenvalue weighted by Crippen LogP contribution is 2.30. The van der Waals surface area contributed by atoms with Gasteiger partial charge in [0, 0.05) is 42.8 Å². The molecule has 0 aliphatic carbocycles. The second kappa shape index (κ2) is 7.01. The third-order valence-electron chi connectivity index (χ3n) is 4.39. The maximum Gasteiger partial charge on any atom is 0.180 e. The summed E-state index contributed by atoms with van der Waals surface area (Å²) in [4.78, 5) is 20.8. The van der Waals surface area contributed by atoms with Crippen molar-refractivity contribution in [1.82, 2.24) is 14.8 Å². The van der Waals surface area contributed by atoms with Gasteiger partial charge in [0.1, 0.15) is 5.69 Å². The highest BCUT2D eigenvalue weighted by Gasteiger charge is 2.19. The molecule has 0 radical (unpaired) electrons. The second-order valence-electron chi connectivity index (χ2n) is 6.17. The molecule has 0 saturated carbocycles. The van der Waals surface area contributed by atoms with Gasteiger partial charge in [-0.25, -0.2) is 9.67 Å². The Morgan fingerprint density at radius 1 is 1.19 bits per heavy atom. The van der Waals surface area contributed by atoms with Gasteiger partial charge in [-0.2, -0.15) is 5.10 Å². The molecular weight excluding hydrogens is 328 g/mol. The normalized spacial score (nSPS) is 13.0. The van der Waals surface area contributed by atoms with Gasteiger partial charge in [0.05, 0.1) is 6.20 Å². The molecule has 0 bridgehead atoms. The van der Waals surface area contributed by atoms with Gasteiger partial charge in [-0.3, -0.25) is 9.79 Å². The zero-order chi connectivity index (χ0) is 17.9. The van der Waals surface area contributed by atoms with Crippen LogP contribution in [0.1, 0.15) is 28.8 Å². The fraction of sp³-hybridized carbons (Fsp3) is 0.200. The Hall–Kier alpha value is -3.12. The van der Waals surface area contributed by atoms with E-state index in [4.69, 9.17) is 5.11 Å². The molecule has 2 aromatic heterocycles. The van der Waals surface area contributed by atoms with Gasteiger partial charge in [-0.15, -0.1) is 0 Å². The molecule has 6 heteroatoms. The van der Waals surface area contributed by atoms with Gasteiger partial charge in [0.2, 0.25) is 0 Å². The maximum atomic E-state index is 12.1. The van der Waals surface area contributed by atoms with Gasteiger partial charge in [-0.05, 0) is 30.0 Å². The van der Waals surface area contributed by atoms with Gasteiger partial charge in [0.25, 0.3) is 0 Å². The van der Waals surface area contributed by atoms with Crippen molar-refractivity contribution in [3.63, 3.8) is 0 Å². The number of fused-ring (bicyclic) bond motifs is 1. The molecule has 130 valence electrons. The van der Waals surface area contributed by atoms with Crippen molar-refractivity contribution in [2.24, 2.45) is 4.99 Å². The smallest absolute Gasteiger partial charge is 0.180 e. The van der Waals surface area contributed by atoms with E-state index in [2.05, 4.69) is 27.2 Å². The number of ketones is 1. The van der Waals surface area contributed by atoms with Gasteiger partial charge >= 0.3 is 0 Å². The van der Waals surface area contributed by atoms with Gasteiger partial charge in [0.15, 0.2) is 11.6 Å². The van der Waals surface area contributed by atoms with E-state index in [0.29, 0.717) is 23.5 Å². The van der Waals surface area contributed by atoms with Crippen LogP contribution in [-0.4, -0.2) is 38.5 Å². The molecule has 1 aromatic carbocycles. The van der Waals surface area contributed by atoms with E-state index in [1.165, 1.54) is 5.56 Å². The van der Waals surface area contributed by atoms with Crippen LogP contribution in [0.4, 0.5) is 5.69 Å². The fourth-order valence-electron chi connectivity index (χ4n) is 3.07. The molecular formula is C20H18N4O2. The number of aromatic nitrogens is 3. The lowest BCUT2D eigenvalue weighted by Gasteiger charge is -2.11. The van der Waals surface area contributed by atoms with E-state index in [1.54, 1.807) is 29.4 Å². The topological polar surface area (TPSA) is 80.4 Å². The van der Waals surface area contributed by atoms with Crippen LogP contribution in [0.2, 0.25) is 0 Å². The van der Waals surface area contributed by atoms with Gasteiger partial charge in [-0.1, -0.05) is 24.3 Å². The minimum atomic E-state index is 0.0441. The number of benzene rings is 1. The van der Waals surface area contributed by atoms with Gasteiger partial charge < -0.3 is 5.11 Å². The van der Waals surface area contributed by atoms with E-state index in [-0.39, 0.29) is 12.4 Å². The average molecular weight is 346 g/mol. The molecule has 0 spiro atoms. The molecule has 3 aromatic rings. The lowest BCUT2D eigenvalue weighted by molar-refractivity contribution is 0.100. The number of hydrogen-bond acceptors (Lipinski definition) is 5. The van der Waals surface area contributed by atoms with Crippen LogP contribution in [0.3, 0.4) is 0 Å². The Balaban J connectivity index is 1.69. The summed E-state index contributed by atoms with van der Waals surface area (Å²) in [5, 5.41) is 13.4. The van der Waals surface area contributed by atoms with Crippen molar-refractivity contribution in [2.45, 2.75) is 19.3 Å². The summed E-state index contributed by atoms with van der Waals surface area (Å²) in [6.45, 7) is 0.187. The minimum Gasteiger partial charge on any atom is -0.396 e. The molecule has 0 fully saturated rings. The van der Waals surface area contributed by atoms with Crippen molar-refractivity contribution in [1.29, 1.82) is 0 Å². The lowest BCUT2D eigenvalue weighted by atomic mass is 10.0. The molecule has 0 amide bonds. The highest BCUT2D eigenvalue weighted by molar-refractivity contribution is 6.10. The van der Waals surface area contributed by atoms with E-state index in [9.17, 15) is 4.79 Å².